The van der Waals surface area contributed by atoms with Crippen LogP contribution in [0.3, 0.4) is 0 Å². The second-order valence-corrected chi connectivity index (χ2v) is 5.92. The summed E-state index contributed by atoms with van der Waals surface area (Å²) in [6.45, 7) is 0. The number of benzene rings is 1. The molecule has 0 aromatic heterocycles. The van der Waals surface area contributed by atoms with E-state index in [1.165, 1.54) is 14.2 Å². The highest BCUT2D eigenvalue weighted by atomic mass is 79.9. The van der Waals surface area contributed by atoms with Gasteiger partial charge in [0.1, 0.15) is 4.66 Å². The lowest BCUT2D eigenvalue weighted by atomic mass is 10.3. The maximum atomic E-state index is 11.3. The van der Waals surface area contributed by atoms with Crippen molar-refractivity contribution in [1.82, 2.24) is 0 Å². The molecule has 1 aromatic rings. The average Bonchev–Trinajstić information content (AvgIpc) is 2.28. The fourth-order valence-corrected chi connectivity index (χ4v) is 1.99. The lowest BCUT2D eigenvalue weighted by Gasteiger charge is -2.10. The van der Waals surface area contributed by atoms with Crippen molar-refractivity contribution >= 4 is 31.6 Å². The van der Waals surface area contributed by atoms with E-state index in [4.69, 9.17) is 9.47 Å². The molecule has 0 saturated heterocycles. The van der Waals surface area contributed by atoms with E-state index in [1.54, 1.807) is 18.2 Å². The minimum atomic E-state index is -3.35. The van der Waals surface area contributed by atoms with Gasteiger partial charge in [0.15, 0.2) is 11.5 Å². The lowest BCUT2D eigenvalue weighted by Crippen LogP contribution is -2.13. The van der Waals surface area contributed by atoms with Crippen LogP contribution in [0, 0.1) is 0 Å². The molecule has 0 heterocycles. The van der Waals surface area contributed by atoms with Gasteiger partial charge in [0.25, 0.3) is 0 Å². The van der Waals surface area contributed by atoms with Crippen molar-refractivity contribution in [3.05, 3.63) is 18.2 Å². The van der Waals surface area contributed by atoms with Crippen LogP contribution >= 0.6 is 15.9 Å². The summed E-state index contributed by atoms with van der Waals surface area (Å²) in [5.74, 6) is 1.02. The third-order valence-corrected chi connectivity index (χ3v) is 4.44. The zero-order valence-corrected chi connectivity index (χ0v) is 11.3. The van der Waals surface area contributed by atoms with E-state index >= 15 is 0 Å². The fraction of sp³-hybridized carbons (Fsp3) is 0.333. The van der Waals surface area contributed by atoms with Crippen LogP contribution in [0.25, 0.3) is 0 Å². The molecule has 90 valence electrons. The van der Waals surface area contributed by atoms with Gasteiger partial charge in [0.2, 0.25) is 10.0 Å². The number of anilines is 1. The summed E-state index contributed by atoms with van der Waals surface area (Å²) < 4.78 is 34.9. The number of ether oxygens (including phenoxy) is 2. The highest BCUT2D eigenvalue weighted by Crippen LogP contribution is 2.30. The van der Waals surface area contributed by atoms with Gasteiger partial charge in [-0.1, -0.05) is 15.9 Å². The molecule has 0 amide bonds. The molecule has 0 fully saturated rings. The Hall–Kier alpha value is -0.950. The van der Waals surface area contributed by atoms with Crippen LogP contribution in [-0.2, 0) is 10.0 Å². The Labute approximate surface area is 103 Å². The fourth-order valence-electron chi connectivity index (χ4n) is 1.11. The summed E-state index contributed by atoms with van der Waals surface area (Å²) in [5.41, 5.74) is 0.428. The first-order chi connectivity index (χ1) is 7.52. The van der Waals surface area contributed by atoms with E-state index in [2.05, 4.69) is 20.7 Å². The van der Waals surface area contributed by atoms with Gasteiger partial charge in [-0.05, 0) is 12.1 Å². The van der Waals surface area contributed by atoms with Crippen molar-refractivity contribution in [2.75, 3.05) is 23.6 Å². The van der Waals surface area contributed by atoms with E-state index in [1.807, 2.05) is 0 Å². The van der Waals surface area contributed by atoms with Gasteiger partial charge >= 0.3 is 0 Å². The quantitative estimate of drug-likeness (QED) is 0.842. The summed E-state index contributed by atoms with van der Waals surface area (Å²) in [4.78, 5) is 0. The Morgan fingerprint density at radius 3 is 2.38 bits per heavy atom. The Morgan fingerprint density at radius 2 is 1.88 bits per heavy atom. The van der Waals surface area contributed by atoms with Crippen LogP contribution in [0.5, 0.6) is 11.5 Å². The van der Waals surface area contributed by atoms with Crippen molar-refractivity contribution in [3.8, 4) is 11.5 Å². The molecule has 0 radical (unpaired) electrons. The number of methoxy groups -OCH3 is 2. The van der Waals surface area contributed by atoms with Crippen LogP contribution < -0.4 is 14.2 Å². The van der Waals surface area contributed by atoms with E-state index in [0.717, 1.165) is 0 Å². The van der Waals surface area contributed by atoms with Gasteiger partial charge in [-0.25, -0.2) is 8.42 Å². The topological polar surface area (TPSA) is 64.6 Å². The molecule has 0 unspecified atom stereocenters. The Balaban J connectivity index is 3.00. The molecule has 5 nitrogen and oxygen atoms in total. The summed E-state index contributed by atoms with van der Waals surface area (Å²) in [7, 11) is -0.346. The largest absolute Gasteiger partial charge is 0.493 e. The normalized spacial score (nSPS) is 10.9. The number of nitrogens with one attached hydrogen (secondary N) is 1. The van der Waals surface area contributed by atoms with E-state index < -0.39 is 10.0 Å². The molecule has 0 aliphatic rings. The molecule has 1 rings (SSSR count). The summed E-state index contributed by atoms with van der Waals surface area (Å²) in [6.07, 6.45) is 0. The zero-order chi connectivity index (χ0) is 12.2. The van der Waals surface area contributed by atoms with E-state index in [0.29, 0.717) is 17.2 Å². The molecule has 7 heteroatoms. The van der Waals surface area contributed by atoms with Crippen molar-refractivity contribution < 1.29 is 17.9 Å². The summed E-state index contributed by atoms with van der Waals surface area (Å²) >= 11 is 2.89. The lowest BCUT2D eigenvalue weighted by molar-refractivity contribution is 0.355. The third kappa shape index (κ3) is 3.28. The molecule has 0 saturated carbocycles. The van der Waals surface area contributed by atoms with Gasteiger partial charge in [-0.3, -0.25) is 4.72 Å². The zero-order valence-electron chi connectivity index (χ0n) is 8.86. The molecular formula is C9H12BrNO4S. The van der Waals surface area contributed by atoms with Crippen LogP contribution in [-0.4, -0.2) is 27.3 Å². The maximum Gasteiger partial charge on any atom is 0.242 e. The van der Waals surface area contributed by atoms with Gasteiger partial charge < -0.3 is 9.47 Å². The number of rotatable bonds is 5. The molecule has 0 aliphatic carbocycles. The monoisotopic (exact) mass is 309 g/mol. The predicted octanol–water partition coefficient (Wildman–Crippen LogP) is 1.80. The van der Waals surface area contributed by atoms with Crippen LogP contribution in [0.15, 0.2) is 18.2 Å². The van der Waals surface area contributed by atoms with Crippen molar-refractivity contribution in [2.45, 2.75) is 0 Å². The minimum absolute atomic E-state index is 0.158. The highest BCUT2D eigenvalue weighted by molar-refractivity contribution is 9.10. The number of sulfonamides is 1. The third-order valence-electron chi connectivity index (χ3n) is 1.80. The first-order valence-electron chi connectivity index (χ1n) is 4.31. The van der Waals surface area contributed by atoms with Crippen LogP contribution in [0.2, 0.25) is 0 Å². The Bertz CT molecular complexity index is 461. The standard InChI is InChI=1S/C9H12BrNO4S/c1-14-8-4-3-7(5-9(8)15-2)11-16(12,13)6-10/h3-5,11H,6H2,1-2H3. The van der Waals surface area contributed by atoms with Gasteiger partial charge in [0, 0.05) is 6.07 Å². The number of halogens is 1. The molecule has 16 heavy (non-hydrogen) atoms. The Morgan fingerprint density at radius 1 is 1.25 bits per heavy atom. The number of hydrogen-bond acceptors (Lipinski definition) is 4. The molecule has 1 N–H and O–H groups in total. The van der Waals surface area contributed by atoms with Crippen LogP contribution in [0.4, 0.5) is 5.69 Å². The average molecular weight is 310 g/mol. The second-order valence-electron chi connectivity index (χ2n) is 2.90. The first kappa shape index (κ1) is 13.1. The van der Waals surface area contributed by atoms with Gasteiger partial charge in [-0.15, -0.1) is 0 Å². The molecule has 0 atom stereocenters. The van der Waals surface area contributed by atoms with Crippen molar-refractivity contribution in [1.29, 1.82) is 0 Å². The summed E-state index contributed by atoms with van der Waals surface area (Å²) in [5, 5.41) is 0. The van der Waals surface area contributed by atoms with Crippen molar-refractivity contribution in [3.63, 3.8) is 0 Å². The maximum absolute atomic E-state index is 11.3. The predicted molar refractivity (Wildman–Crippen MR) is 65.9 cm³/mol. The van der Waals surface area contributed by atoms with E-state index in [-0.39, 0.29) is 4.66 Å². The second kappa shape index (κ2) is 5.40. The molecule has 1 aromatic carbocycles. The smallest absolute Gasteiger partial charge is 0.242 e. The molecule has 0 aliphatic heterocycles. The molecule has 0 spiro atoms. The highest BCUT2D eigenvalue weighted by Gasteiger charge is 2.10. The summed E-state index contributed by atoms with van der Waals surface area (Å²) in [6, 6.07) is 4.78. The van der Waals surface area contributed by atoms with Crippen LogP contribution in [0.1, 0.15) is 0 Å². The molecular weight excluding hydrogens is 298 g/mol. The van der Waals surface area contributed by atoms with E-state index in [9.17, 15) is 8.42 Å². The first-order valence-corrected chi connectivity index (χ1v) is 7.08. The SMILES string of the molecule is COc1ccc(NS(=O)(=O)CBr)cc1OC. The minimum Gasteiger partial charge on any atom is -0.493 e. The number of hydrogen-bond donors (Lipinski definition) is 1. The molecule has 0 bridgehead atoms. The number of alkyl halides is 1. The Kier molecular flexibility index (Phi) is 4.43. The van der Waals surface area contributed by atoms with Gasteiger partial charge in [-0.2, -0.15) is 0 Å². The van der Waals surface area contributed by atoms with Gasteiger partial charge in [0.05, 0.1) is 19.9 Å². The van der Waals surface area contributed by atoms with Crippen molar-refractivity contribution in [2.24, 2.45) is 0 Å².